The van der Waals surface area contributed by atoms with E-state index in [9.17, 15) is 4.79 Å². The van der Waals surface area contributed by atoms with Crippen molar-refractivity contribution in [3.05, 3.63) is 66.5 Å². The number of benzene rings is 2. The van der Waals surface area contributed by atoms with Crippen molar-refractivity contribution in [2.75, 3.05) is 19.6 Å². The Labute approximate surface area is 147 Å². The van der Waals surface area contributed by atoms with E-state index >= 15 is 0 Å². The van der Waals surface area contributed by atoms with Crippen LogP contribution in [0.2, 0.25) is 0 Å². The molecule has 0 bridgehead atoms. The summed E-state index contributed by atoms with van der Waals surface area (Å²) in [5.74, 6) is 0.0688. The summed E-state index contributed by atoms with van der Waals surface area (Å²) in [4.78, 5) is 14.5. The fourth-order valence-corrected chi connectivity index (χ4v) is 3.53. The zero-order chi connectivity index (χ0) is 17.2. The van der Waals surface area contributed by atoms with E-state index in [0.29, 0.717) is 12.6 Å². The number of amides is 1. The Hall–Kier alpha value is -2.66. The number of carbonyl (C=O) groups excluding carboxylic acids is 1. The summed E-state index contributed by atoms with van der Waals surface area (Å²) >= 11 is 0. The largest absolute Gasteiger partial charge is 0.348 e. The lowest BCUT2D eigenvalue weighted by Crippen LogP contribution is -2.51. The number of likely N-dealkylation sites (tertiary alicyclic amines) is 1. The summed E-state index contributed by atoms with van der Waals surface area (Å²) in [7, 11) is 0. The van der Waals surface area contributed by atoms with E-state index in [1.807, 2.05) is 42.1 Å². The van der Waals surface area contributed by atoms with E-state index in [4.69, 9.17) is 0 Å². The molecule has 5 nitrogen and oxygen atoms in total. The molecule has 2 heterocycles. The molecule has 1 saturated heterocycles. The Kier molecular flexibility index (Phi) is 4.24. The highest BCUT2D eigenvalue weighted by molar-refractivity contribution is 5.87. The van der Waals surface area contributed by atoms with Crippen LogP contribution in [-0.4, -0.2) is 40.2 Å². The van der Waals surface area contributed by atoms with Crippen LogP contribution in [-0.2, 0) is 4.79 Å². The van der Waals surface area contributed by atoms with Crippen LogP contribution in [0, 0.1) is 0 Å². The monoisotopic (exact) mass is 334 g/mol. The molecule has 1 N–H and O–H groups in total. The zero-order valence-electron chi connectivity index (χ0n) is 14.3. The Morgan fingerprint density at radius 2 is 2.00 bits per heavy atom. The molecule has 0 unspecified atom stereocenters. The average molecular weight is 334 g/mol. The number of rotatable bonds is 5. The minimum Gasteiger partial charge on any atom is -0.348 e. The van der Waals surface area contributed by atoms with Gasteiger partial charge >= 0.3 is 0 Å². The first kappa shape index (κ1) is 15.8. The number of fused-ring (bicyclic) bond motifs is 1. The van der Waals surface area contributed by atoms with Gasteiger partial charge < -0.3 is 5.32 Å². The second kappa shape index (κ2) is 6.69. The highest BCUT2D eigenvalue weighted by Crippen LogP contribution is 2.24. The van der Waals surface area contributed by atoms with E-state index in [-0.39, 0.29) is 11.9 Å². The van der Waals surface area contributed by atoms with Crippen LogP contribution < -0.4 is 5.32 Å². The van der Waals surface area contributed by atoms with Gasteiger partial charge in [-0.1, -0.05) is 42.5 Å². The van der Waals surface area contributed by atoms with E-state index < -0.39 is 0 Å². The van der Waals surface area contributed by atoms with Gasteiger partial charge in [0.25, 0.3) is 0 Å². The lowest BCUT2D eigenvalue weighted by molar-refractivity contribution is -0.124. The van der Waals surface area contributed by atoms with Gasteiger partial charge in [-0.15, -0.1) is 0 Å². The molecule has 128 valence electrons. The fraction of sp³-hybridized carbons (Fsp3) is 0.300. The summed E-state index contributed by atoms with van der Waals surface area (Å²) in [6, 6.07) is 16.8. The second-order valence-corrected chi connectivity index (χ2v) is 6.69. The maximum Gasteiger partial charge on any atom is 0.234 e. The molecule has 0 spiro atoms. The number of hydrogen-bond acceptors (Lipinski definition) is 3. The van der Waals surface area contributed by atoms with Crippen molar-refractivity contribution >= 4 is 16.7 Å². The van der Waals surface area contributed by atoms with Crippen LogP contribution in [0.5, 0.6) is 0 Å². The molecule has 0 radical (unpaired) electrons. The van der Waals surface area contributed by atoms with Crippen LogP contribution in [0.25, 0.3) is 10.8 Å². The number of carbonyl (C=O) groups is 1. The summed E-state index contributed by atoms with van der Waals surface area (Å²) < 4.78 is 1.97. The number of nitrogens with one attached hydrogen (secondary N) is 1. The molecule has 2 aromatic carbocycles. The maximum absolute atomic E-state index is 12.4. The summed E-state index contributed by atoms with van der Waals surface area (Å²) in [6.45, 7) is 4.23. The number of aromatic nitrogens is 2. The summed E-state index contributed by atoms with van der Waals surface area (Å²) in [6.07, 6.45) is 3.77. The highest BCUT2D eigenvalue weighted by atomic mass is 16.2. The van der Waals surface area contributed by atoms with Crippen molar-refractivity contribution in [3.8, 4) is 0 Å². The van der Waals surface area contributed by atoms with Gasteiger partial charge in [-0.25, -0.2) is 0 Å². The first-order valence-corrected chi connectivity index (χ1v) is 8.69. The minimum atomic E-state index is -0.0122. The van der Waals surface area contributed by atoms with Crippen molar-refractivity contribution in [2.24, 2.45) is 0 Å². The third-order valence-electron chi connectivity index (χ3n) is 4.87. The minimum absolute atomic E-state index is 0.0122. The van der Waals surface area contributed by atoms with Gasteiger partial charge in [0, 0.05) is 25.5 Å². The lowest BCUT2D eigenvalue weighted by atomic mass is 9.99. The SMILES string of the molecule is C[C@H](NC(=O)CN1CC(n2cccn2)C1)c1cccc2ccccc12. The van der Waals surface area contributed by atoms with Crippen LogP contribution >= 0.6 is 0 Å². The second-order valence-electron chi connectivity index (χ2n) is 6.69. The molecule has 1 amide bonds. The Balaban J connectivity index is 1.35. The molecule has 1 aliphatic heterocycles. The maximum atomic E-state index is 12.4. The van der Waals surface area contributed by atoms with Gasteiger partial charge in [0.1, 0.15) is 0 Å². The molecule has 1 atom stereocenters. The number of hydrogen-bond donors (Lipinski definition) is 1. The third kappa shape index (κ3) is 3.28. The topological polar surface area (TPSA) is 50.2 Å². The van der Waals surface area contributed by atoms with Crippen molar-refractivity contribution in [1.29, 1.82) is 0 Å². The van der Waals surface area contributed by atoms with Crippen molar-refractivity contribution in [2.45, 2.75) is 19.0 Å². The van der Waals surface area contributed by atoms with Gasteiger partial charge in [-0.2, -0.15) is 5.10 Å². The normalized spacial score (nSPS) is 16.5. The Morgan fingerprint density at radius 1 is 1.20 bits per heavy atom. The van der Waals surface area contributed by atoms with E-state index in [0.717, 1.165) is 18.7 Å². The van der Waals surface area contributed by atoms with E-state index in [1.54, 1.807) is 6.20 Å². The molecule has 3 aromatic rings. The van der Waals surface area contributed by atoms with Crippen molar-refractivity contribution < 1.29 is 4.79 Å². The van der Waals surface area contributed by atoms with E-state index in [2.05, 4.69) is 39.6 Å². The Bertz CT molecular complexity index is 863. The van der Waals surface area contributed by atoms with Gasteiger partial charge in [-0.05, 0) is 29.3 Å². The van der Waals surface area contributed by atoms with Crippen molar-refractivity contribution in [1.82, 2.24) is 20.0 Å². The highest BCUT2D eigenvalue weighted by Gasteiger charge is 2.29. The molecular formula is C20H22N4O. The van der Waals surface area contributed by atoms with Crippen LogP contribution in [0.1, 0.15) is 24.6 Å². The standard InChI is InChI=1S/C20H22N4O/c1-15(18-9-4-7-16-6-2-3-8-19(16)18)22-20(25)14-23-12-17(13-23)24-11-5-10-21-24/h2-11,15,17H,12-14H2,1H3,(H,22,25)/t15-/m0/s1. The summed E-state index contributed by atoms with van der Waals surface area (Å²) in [5, 5.41) is 9.79. The zero-order valence-corrected chi connectivity index (χ0v) is 14.3. The predicted octanol–water partition coefficient (Wildman–Crippen LogP) is 2.77. The molecular weight excluding hydrogens is 312 g/mol. The van der Waals surface area contributed by atoms with Crippen molar-refractivity contribution in [3.63, 3.8) is 0 Å². The first-order chi connectivity index (χ1) is 12.2. The molecule has 5 heteroatoms. The molecule has 4 rings (SSSR count). The average Bonchev–Trinajstić information content (AvgIpc) is 3.11. The van der Waals surface area contributed by atoms with E-state index in [1.165, 1.54) is 10.8 Å². The van der Waals surface area contributed by atoms with Crippen LogP contribution in [0.15, 0.2) is 60.9 Å². The molecule has 1 aliphatic rings. The third-order valence-corrected chi connectivity index (χ3v) is 4.87. The van der Waals surface area contributed by atoms with Gasteiger partial charge in [0.15, 0.2) is 0 Å². The Morgan fingerprint density at radius 3 is 2.80 bits per heavy atom. The quantitative estimate of drug-likeness (QED) is 0.780. The number of nitrogens with zero attached hydrogens (tertiary/aromatic N) is 3. The van der Waals surface area contributed by atoms with Gasteiger partial charge in [-0.3, -0.25) is 14.4 Å². The molecule has 0 saturated carbocycles. The lowest BCUT2D eigenvalue weighted by Gasteiger charge is -2.38. The van der Waals surface area contributed by atoms with Gasteiger partial charge in [0.2, 0.25) is 5.91 Å². The van der Waals surface area contributed by atoms with Crippen LogP contribution in [0.4, 0.5) is 0 Å². The molecule has 25 heavy (non-hydrogen) atoms. The van der Waals surface area contributed by atoms with Gasteiger partial charge in [0.05, 0.1) is 18.6 Å². The molecule has 1 aromatic heterocycles. The summed E-state index contributed by atoms with van der Waals surface area (Å²) in [5.41, 5.74) is 1.16. The molecule has 0 aliphatic carbocycles. The van der Waals surface area contributed by atoms with Crippen LogP contribution in [0.3, 0.4) is 0 Å². The first-order valence-electron chi connectivity index (χ1n) is 8.69. The fourth-order valence-electron chi connectivity index (χ4n) is 3.53. The molecule has 1 fully saturated rings. The smallest absolute Gasteiger partial charge is 0.234 e. The predicted molar refractivity (Wildman–Crippen MR) is 98.2 cm³/mol.